The van der Waals surface area contributed by atoms with Crippen LogP contribution >= 0.6 is 0 Å². The molecule has 1 unspecified atom stereocenters. The van der Waals surface area contributed by atoms with Crippen molar-refractivity contribution in [2.45, 2.75) is 18.7 Å². The summed E-state index contributed by atoms with van der Waals surface area (Å²) in [5.41, 5.74) is 0.222. The van der Waals surface area contributed by atoms with Gasteiger partial charge in [-0.1, -0.05) is 13.8 Å². The molecule has 3 nitrogen and oxygen atoms in total. The Balaban J connectivity index is 2.80. The van der Waals surface area contributed by atoms with Gasteiger partial charge in [0.15, 0.2) is 0 Å². The summed E-state index contributed by atoms with van der Waals surface area (Å²) in [6, 6.07) is 6.19. The number of benzene rings is 1. The normalized spacial score (nSPS) is 12.7. The highest BCUT2D eigenvalue weighted by Crippen LogP contribution is 2.11. The maximum atomic E-state index is 11.7. The summed E-state index contributed by atoms with van der Waals surface area (Å²) in [4.78, 5) is 11.3. The molecular formula is C11H14O3S. The Morgan fingerprint density at radius 3 is 2.27 bits per heavy atom. The number of rotatable bonds is 4. The van der Waals surface area contributed by atoms with E-state index in [0.717, 1.165) is 0 Å². The van der Waals surface area contributed by atoms with E-state index in [9.17, 15) is 9.00 Å². The first-order valence-electron chi connectivity index (χ1n) is 4.72. The molecule has 0 saturated carbocycles. The summed E-state index contributed by atoms with van der Waals surface area (Å²) in [6.07, 6.45) is 0. The Hall–Kier alpha value is -1.16. The molecule has 0 saturated heterocycles. The van der Waals surface area contributed by atoms with Crippen LogP contribution < -0.4 is 0 Å². The lowest BCUT2D eigenvalue weighted by atomic mass is 10.2. The second-order valence-corrected chi connectivity index (χ2v) is 5.23. The van der Waals surface area contributed by atoms with Gasteiger partial charge in [0.1, 0.15) is 0 Å². The minimum Gasteiger partial charge on any atom is -0.478 e. The van der Waals surface area contributed by atoms with Crippen molar-refractivity contribution in [1.29, 1.82) is 0 Å². The highest BCUT2D eigenvalue weighted by atomic mass is 32.2. The van der Waals surface area contributed by atoms with E-state index < -0.39 is 16.8 Å². The van der Waals surface area contributed by atoms with Crippen molar-refractivity contribution in [3.8, 4) is 0 Å². The topological polar surface area (TPSA) is 54.4 Å². The lowest BCUT2D eigenvalue weighted by Gasteiger charge is -2.05. The Morgan fingerprint density at radius 2 is 1.87 bits per heavy atom. The summed E-state index contributed by atoms with van der Waals surface area (Å²) < 4.78 is 11.7. The first kappa shape index (κ1) is 11.9. The molecule has 1 aromatic rings. The molecule has 0 bridgehead atoms. The first-order chi connectivity index (χ1) is 7.00. The Labute approximate surface area is 91.6 Å². The van der Waals surface area contributed by atoms with Gasteiger partial charge in [0.2, 0.25) is 0 Å². The number of carbonyl (C=O) groups is 1. The molecule has 82 valence electrons. The molecule has 0 heterocycles. The van der Waals surface area contributed by atoms with E-state index in [0.29, 0.717) is 16.6 Å². The second kappa shape index (κ2) is 5.07. The molecule has 1 N–H and O–H groups in total. The number of aromatic carboxylic acids is 1. The molecule has 4 heteroatoms. The molecule has 0 fully saturated rings. The molecule has 0 radical (unpaired) electrons. The Bertz CT molecular complexity index is 368. The second-order valence-electron chi connectivity index (χ2n) is 3.74. The molecular weight excluding hydrogens is 212 g/mol. The quantitative estimate of drug-likeness (QED) is 0.855. The van der Waals surface area contributed by atoms with E-state index in [4.69, 9.17) is 5.11 Å². The average Bonchev–Trinajstić information content (AvgIpc) is 2.17. The van der Waals surface area contributed by atoms with Gasteiger partial charge in [-0.3, -0.25) is 4.21 Å². The van der Waals surface area contributed by atoms with E-state index >= 15 is 0 Å². The fraction of sp³-hybridized carbons (Fsp3) is 0.364. The van der Waals surface area contributed by atoms with Crippen molar-refractivity contribution in [3.63, 3.8) is 0 Å². The Kier molecular flexibility index (Phi) is 4.03. The highest BCUT2D eigenvalue weighted by molar-refractivity contribution is 7.85. The zero-order valence-electron chi connectivity index (χ0n) is 8.77. The zero-order valence-corrected chi connectivity index (χ0v) is 9.58. The van der Waals surface area contributed by atoms with Crippen LogP contribution in [0.15, 0.2) is 29.2 Å². The smallest absolute Gasteiger partial charge is 0.335 e. The van der Waals surface area contributed by atoms with E-state index in [1.54, 1.807) is 12.1 Å². The SMILES string of the molecule is CC(C)CS(=O)c1ccc(C(=O)O)cc1. The monoisotopic (exact) mass is 226 g/mol. The van der Waals surface area contributed by atoms with Crippen LogP contribution in [0.2, 0.25) is 0 Å². The van der Waals surface area contributed by atoms with Gasteiger partial charge >= 0.3 is 5.97 Å². The number of hydrogen-bond acceptors (Lipinski definition) is 2. The minimum absolute atomic E-state index is 0.222. The largest absolute Gasteiger partial charge is 0.478 e. The summed E-state index contributed by atoms with van der Waals surface area (Å²) in [7, 11) is -1.03. The fourth-order valence-electron chi connectivity index (χ4n) is 1.15. The van der Waals surface area contributed by atoms with Crippen LogP contribution in [-0.4, -0.2) is 21.0 Å². The molecule has 0 aromatic heterocycles. The van der Waals surface area contributed by atoms with Crippen LogP contribution in [0.25, 0.3) is 0 Å². The average molecular weight is 226 g/mol. The zero-order chi connectivity index (χ0) is 11.4. The number of hydrogen-bond donors (Lipinski definition) is 1. The third kappa shape index (κ3) is 3.47. The molecule has 15 heavy (non-hydrogen) atoms. The Morgan fingerprint density at radius 1 is 1.33 bits per heavy atom. The lowest BCUT2D eigenvalue weighted by molar-refractivity contribution is 0.0697. The van der Waals surface area contributed by atoms with Gasteiger partial charge in [-0.2, -0.15) is 0 Å². The molecule has 1 aromatic carbocycles. The van der Waals surface area contributed by atoms with E-state index in [-0.39, 0.29) is 5.56 Å². The van der Waals surface area contributed by atoms with Gasteiger partial charge in [-0.15, -0.1) is 0 Å². The predicted molar refractivity (Wildman–Crippen MR) is 59.5 cm³/mol. The van der Waals surface area contributed by atoms with E-state index in [1.165, 1.54) is 12.1 Å². The summed E-state index contributed by atoms with van der Waals surface area (Å²) in [6.45, 7) is 4.01. The fourth-order valence-corrected chi connectivity index (χ4v) is 2.39. The molecule has 0 aliphatic rings. The van der Waals surface area contributed by atoms with Gasteiger partial charge in [0, 0.05) is 10.6 Å². The first-order valence-corrected chi connectivity index (χ1v) is 6.04. The van der Waals surface area contributed by atoms with Crippen molar-refractivity contribution in [3.05, 3.63) is 29.8 Å². The van der Waals surface area contributed by atoms with Crippen molar-refractivity contribution in [1.82, 2.24) is 0 Å². The van der Waals surface area contributed by atoms with Crippen LogP contribution in [0, 0.1) is 5.92 Å². The highest BCUT2D eigenvalue weighted by Gasteiger charge is 2.07. The predicted octanol–water partition coefficient (Wildman–Crippen LogP) is 2.15. The number of carboxylic acid groups (broad SMARTS) is 1. The van der Waals surface area contributed by atoms with E-state index in [2.05, 4.69) is 0 Å². The van der Waals surface area contributed by atoms with Crippen LogP contribution in [0.1, 0.15) is 24.2 Å². The molecule has 1 atom stereocenters. The minimum atomic E-state index is -1.03. The summed E-state index contributed by atoms with van der Waals surface area (Å²) in [5.74, 6) is 0.00746. The van der Waals surface area contributed by atoms with Crippen LogP contribution in [0.4, 0.5) is 0 Å². The molecule has 0 spiro atoms. The van der Waals surface area contributed by atoms with Crippen molar-refractivity contribution in [2.24, 2.45) is 5.92 Å². The molecule has 0 amide bonds. The summed E-state index contributed by atoms with van der Waals surface area (Å²) in [5, 5.41) is 8.68. The number of carboxylic acids is 1. The van der Waals surface area contributed by atoms with Crippen LogP contribution in [0.3, 0.4) is 0 Å². The van der Waals surface area contributed by atoms with Gasteiger partial charge in [-0.25, -0.2) is 4.79 Å². The van der Waals surface area contributed by atoms with Crippen LogP contribution in [-0.2, 0) is 10.8 Å². The lowest BCUT2D eigenvalue weighted by Crippen LogP contribution is -2.05. The summed E-state index contributed by atoms with van der Waals surface area (Å²) >= 11 is 0. The van der Waals surface area contributed by atoms with Gasteiger partial charge in [0.05, 0.1) is 16.4 Å². The third-order valence-electron chi connectivity index (χ3n) is 1.85. The van der Waals surface area contributed by atoms with Gasteiger partial charge < -0.3 is 5.11 Å². The molecule has 0 aliphatic heterocycles. The standard InChI is InChI=1S/C11H14O3S/c1-8(2)7-15(14)10-5-3-9(4-6-10)11(12)13/h3-6,8H,7H2,1-2H3,(H,12,13). The maximum absolute atomic E-state index is 11.7. The van der Waals surface area contributed by atoms with Crippen molar-refractivity contribution < 1.29 is 14.1 Å². The third-order valence-corrected chi connectivity index (χ3v) is 3.62. The van der Waals surface area contributed by atoms with E-state index in [1.807, 2.05) is 13.8 Å². The maximum Gasteiger partial charge on any atom is 0.335 e. The molecule has 1 rings (SSSR count). The van der Waals surface area contributed by atoms with Crippen molar-refractivity contribution >= 4 is 16.8 Å². The van der Waals surface area contributed by atoms with Gasteiger partial charge in [-0.05, 0) is 30.2 Å². The van der Waals surface area contributed by atoms with Crippen LogP contribution in [0.5, 0.6) is 0 Å². The van der Waals surface area contributed by atoms with Gasteiger partial charge in [0.25, 0.3) is 0 Å². The molecule has 0 aliphatic carbocycles. The van der Waals surface area contributed by atoms with Crippen molar-refractivity contribution in [2.75, 3.05) is 5.75 Å².